The summed E-state index contributed by atoms with van der Waals surface area (Å²) in [6.07, 6.45) is -0.387. The van der Waals surface area contributed by atoms with Gasteiger partial charge in [-0.25, -0.2) is 13.6 Å². The van der Waals surface area contributed by atoms with Crippen molar-refractivity contribution in [3.63, 3.8) is 0 Å². The van der Waals surface area contributed by atoms with Crippen LogP contribution in [-0.4, -0.2) is 54.7 Å². The number of nitrogens with zero attached hydrogens (tertiary/aromatic N) is 3. The number of benzene rings is 1. The second kappa shape index (κ2) is 9.15. The van der Waals surface area contributed by atoms with Gasteiger partial charge in [-0.2, -0.15) is 0 Å². The quantitative estimate of drug-likeness (QED) is 0.451. The standard InChI is InChI=1S/C24H19F2N3O6S2/c1-33-24(32)35-21-16(30)4-6-28-20(21)22(31)27-7-8-34-10-17(27)29(28)19-12-2-3-15(25)18(26)14(12)11-37-23-13(19)5-9-36-23/h2-6,9,17,19H,7-8,10-11H2,1H3/t17-,19+/m1/s1. The molecule has 2 aromatic heterocycles. The minimum Gasteiger partial charge on any atom is -0.437 e. The molecule has 3 aliphatic heterocycles. The molecule has 1 amide bonds. The Morgan fingerprint density at radius 2 is 2.00 bits per heavy atom. The molecule has 0 spiro atoms. The molecular weight excluding hydrogens is 528 g/mol. The Morgan fingerprint density at radius 3 is 2.81 bits per heavy atom. The first-order valence-corrected chi connectivity index (χ1v) is 13.1. The van der Waals surface area contributed by atoms with Crippen molar-refractivity contribution in [3.05, 3.63) is 80.1 Å². The number of thioether (sulfide) groups is 1. The number of hydrogen-bond acceptors (Lipinski definition) is 9. The molecule has 1 aromatic carbocycles. The van der Waals surface area contributed by atoms with E-state index >= 15 is 4.39 Å². The Bertz CT molecular complexity index is 1490. The number of halogens is 2. The van der Waals surface area contributed by atoms with E-state index < -0.39 is 47.1 Å². The first-order valence-electron chi connectivity index (χ1n) is 11.3. The van der Waals surface area contributed by atoms with Crippen LogP contribution in [0.5, 0.6) is 5.75 Å². The monoisotopic (exact) mass is 547 g/mol. The zero-order valence-corrected chi connectivity index (χ0v) is 20.9. The first-order chi connectivity index (χ1) is 17.9. The van der Waals surface area contributed by atoms with E-state index in [1.54, 1.807) is 11.1 Å². The fourth-order valence-electron chi connectivity index (χ4n) is 4.97. The molecule has 13 heteroatoms. The van der Waals surface area contributed by atoms with Crippen molar-refractivity contribution >= 4 is 35.2 Å². The van der Waals surface area contributed by atoms with E-state index in [0.717, 1.165) is 22.9 Å². The predicted octanol–water partition coefficient (Wildman–Crippen LogP) is 3.48. The second-order valence-electron chi connectivity index (χ2n) is 8.48. The molecule has 6 rings (SSSR count). The fraction of sp³-hybridized carbons (Fsp3) is 0.292. The number of carbonyl (C=O) groups excluding carboxylic acids is 2. The van der Waals surface area contributed by atoms with Gasteiger partial charge in [-0.15, -0.1) is 23.1 Å². The molecule has 5 heterocycles. The maximum atomic E-state index is 15.1. The van der Waals surface area contributed by atoms with Gasteiger partial charge in [0.25, 0.3) is 5.91 Å². The van der Waals surface area contributed by atoms with Gasteiger partial charge in [-0.3, -0.25) is 19.3 Å². The van der Waals surface area contributed by atoms with Gasteiger partial charge in [0.05, 0.1) is 24.5 Å². The van der Waals surface area contributed by atoms with Crippen molar-refractivity contribution in [2.24, 2.45) is 0 Å². The number of ether oxygens (including phenoxy) is 3. The molecule has 1 saturated heterocycles. The van der Waals surface area contributed by atoms with Crippen LogP contribution in [0.25, 0.3) is 0 Å². The van der Waals surface area contributed by atoms with Gasteiger partial charge in [0.15, 0.2) is 17.3 Å². The van der Waals surface area contributed by atoms with Crippen LogP contribution in [0.1, 0.15) is 33.2 Å². The van der Waals surface area contributed by atoms with E-state index in [4.69, 9.17) is 9.47 Å². The van der Waals surface area contributed by atoms with E-state index in [1.807, 2.05) is 11.4 Å². The van der Waals surface area contributed by atoms with E-state index in [9.17, 15) is 18.8 Å². The molecule has 2 atom stereocenters. The number of pyridine rings is 1. The summed E-state index contributed by atoms with van der Waals surface area (Å²) in [5.41, 5.74) is 0.710. The first kappa shape index (κ1) is 23.9. The second-order valence-corrected chi connectivity index (χ2v) is 10.6. The third-order valence-corrected chi connectivity index (χ3v) is 8.90. The van der Waals surface area contributed by atoms with Crippen LogP contribution in [0.15, 0.2) is 44.8 Å². The van der Waals surface area contributed by atoms with Crippen LogP contribution in [0.3, 0.4) is 0 Å². The molecule has 0 saturated carbocycles. The Morgan fingerprint density at radius 1 is 1.16 bits per heavy atom. The number of hydrogen-bond donors (Lipinski definition) is 0. The molecule has 0 radical (unpaired) electrons. The summed E-state index contributed by atoms with van der Waals surface area (Å²) < 4.78 is 47.2. The highest BCUT2D eigenvalue weighted by atomic mass is 32.2. The number of methoxy groups -OCH3 is 1. The van der Waals surface area contributed by atoms with Crippen LogP contribution in [0.4, 0.5) is 13.6 Å². The Kier molecular flexibility index (Phi) is 5.92. The van der Waals surface area contributed by atoms with Crippen LogP contribution >= 0.6 is 23.1 Å². The molecule has 37 heavy (non-hydrogen) atoms. The van der Waals surface area contributed by atoms with Crippen LogP contribution < -0.4 is 15.2 Å². The van der Waals surface area contributed by atoms with Gasteiger partial charge < -0.3 is 19.1 Å². The highest BCUT2D eigenvalue weighted by Crippen LogP contribution is 2.47. The molecule has 3 aliphatic rings. The van der Waals surface area contributed by atoms with Crippen LogP contribution in [0.2, 0.25) is 0 Å². The van der Waals surface area contributed by atoms with Crippen molar-refractivity contribution in [2.45, 2.75) is 22.2 Å². The molecule has 0 unspecified atom stereocenters. The van der Waals surface area contributed by atoms with E-state index in [-0.39, 0.29) is 36.8 Å². The van der Waals surface area contributed by atoms with Crippen molar-refractivity contribution in [1.82, 2.24) is 9.58 Å². The SMILES string of the molecule is COC(=O)Oc1c2n(ccc1=O)N([C@@H]1c3ccsc3SCc3c1ccc(F)c3F)[C@@H]1COCCN1C2=O. The largest absolute Gasteiger partial charge is 0.513 e. The lowest BCUT2D eigenvalue weighted by Gasteiger charge is -2.51. The zero-order valence-electron chi connectivity index (χ0n) is 19.3. The molecule has 192 valence electrons. The lowest BCUT2D eigenvalue weighted by atomic mass is 9.94. The highest BCUT2D eigenvalue weighted by molar-refractivity contribution is 8.00. The molecular formula is C24H19F2N3O6S2. The van der Waals surface area contributed by atoms with Crippen molar-refractivity contribution in [3.8, 4) is 5.75 Å². The van der Waals surface area contributed by atoms with Gasteiger partial charge in [-0.1, -0.05) is 6.07 Å². The van der Waals surface area contributed by atoms with Crippen molar-refractivity contribution in [1.29, 1.82) is 0 Å². The van der Waals surface area contributed by atoms with E-state index in [1.165, 1.54) is 44.9 Å². The smallest absolute Gasteiger partial charge is 0.437 e. The topological polar surface area (TPSA) is 90.3 Å². The lowest BCUT2D eigenvalue weighted by molar-refractivity contribution is -0.0198. The Hall–Kier alpha value is -3.42. The third-order valence-electron chi connectivity index (χ3n) is 6.60. The number of amides is 1. The number of fused-ring (bicyclic) bond motifs is 4. The maximum Gasteiger partial charge on any atom is 0.513 e. The number of rotatable bonds is 2. The van der Waals surface area contributed by atoms with Crippen LogP contribution in [0, 0.1) is 11.6 Å². The zero-order chi connectivity index (χ0) is 25.8. The minimum atomic E-state index is -1.15. The lowest BCUT2D eigenvalue weighted by Crippen LogP contribution is -2.66. The van der Waals surface area contributed by atoms with E-state index in [2.05, 4.69) is 4.74 Å². The number of thiophene rings is 1. The maximum absolute atomic E-state index is 15.1. The van der Waals surface area contributed by atoms with Crippen LogP contribution in [-0.2, 0) is 15.2 Å². The van der Waals surface area contributed by atoms with Gasteiger partial charge in [0, 0.05) is 35.7 Å². The summed E-state index contributed by atoms with van der Waals surface area (Å²) >= 11 is 2.88. The fourth-order valence-corrected chi connectivity index (χ4v) is 7.15. The summed E-state index contributed by atoms with van der Waals surface area (Å²) in [4.78, 5) is 39.9. The summed E-state index contributed by atoms with van der Waals surface area (Å²) in [5, 5.41) is 3.71. The van der Waals surface area contributed by atoms with E-state index in [0.29, 0.717) is 5.56 Å². The molecule has 0 bridgehead atoms. The van der Waals surface area contributed by atoms with Gasteiger partial charge in [0.1, 0.15) is 12.2 Å². The number of morpholine rings is 1. The molecule has 9 nitrogen and oxygen atoms in total. The average molecular weight is 548 g/mol. The summed E-state index contributed by atoms with van der Waals surface area (Å²) in [5.74, 6) is -2.66. The Balaban J connectivity index is 1.64. The number of carbonyl (C=O) groups is 2. The van der Waals surface area contributed by atoms with Gasteiger partial charge >= 0.3 is 6.16 Å². The third kappa shape index (κ3) is 3.71. The number of aromatic nitrogens is 1. The molecule has 0 N–H and O–H groups in total. The van der Waals surface area contributed by atoms with Crippen molar-refractivity contribution in [2.75, 3.05) is 31.9 Å². The predicted molar refractivity (Wildman–Crippen MR) is 130 cm³/mol. The summed E-state index contributed by atoms with van der Waals surface area (Å²) in [7, 11) is 1.09. The normalized spacial score (nSPS) is 20.4. The molecule has 1 fully saturated rings. The molecule has 0 aliphatic carbocycles. The minimum absolute atomic E-state index is 0.132. The highest BCUT2D eigenvalue weighted by Gasteiger charge is 2.46. The van der Waals surface area contributed by atoms with Gasteiger partial charge in [0.2, 0.25) is 11.2 Å². The summed E-state index contributed by atoms with van der Waals surface area (Å²) in [6, 6.07) is 5.03. The van der Waals surface area contributed by atoms with Crippen molar-refractivity contribution < 1.29 is 32.6 Å². The Labute approximate surface area is 217 Å². The molecule has 3 aromatic rings. The van der Waals surface area contributed by atoms with Gasteiger partial charge in [-0.05, 0) is 23.1 Å². The average Bonchev–Trinajstić information content (AvgIpc) is 3.31. The summed E-state index contributed by atoms with van der Waals surface area (Å²) in [6.45, 7) is 0.608.